The number of carboxylic acid groups (broad SMARTS) is 1. The van der Waals surface area contributed by atoms with Gasteiger partial charge in [-0.05, 0) is 41.5 Å². The topological polar surface area (TPSA) is 114 Å². The number of benzene rings is 2. The van der Waals surface area contributed by atoms with E-state index in [1.165, 1.54) is 11.1 Å². The second-order valence-corrected chi connectivity index (χ2v) is 8.40. The Kier molecular flexibility index (Phi) is 6.93. The van der Waals surface area contributed by atoms with Crippen molar-refractivity contribution < 1.29 is 29.0 Å². The maximum Gasteiger partial charge on any atom is 0.407 e. The molecule has 8 heteroatoms. The first-order valence-corrected chi connectivity index (χ1v) is 11.2. The number of amides is 2. The highest BCUT2D eigenvalue weighted by Gasteiger charge is 2.45. The smallest absolute Gasteiger partial charge is 0.407 e. The molecule has 0 radical (unpaired) electrons. The molecule has 8 nitrogen and oxygen atoms in total. The van der Waals surface area contributed by atoms with Gasteiger partial charge in [-0.1, -0.05) is 48.5 Å². The van der Waals surface area contributed by atoms with Gasteiger partial charge in [0, 0.05) is 18.9 Å². The fourth-order valence-corrected chi connectivity index (χ4v) is 4.39. The lowest BCUT2D eigenvalue weighted by atomic mass is 9.76. The lowest BCUT2D eigenvalue weighted by Crippen LogP contribution is -2.59. The van der Waals surface area contributed by atoms with Crippen molar-refractivity contribution in [2.75, 3.05) is 26.4 Å². The predicted molar refractivity (Wildman–Crippen MR) is 121 cm³/mol. The van der Waals surface area contributed by atoms with E-state index in [0.29, 0.717) is 12.8 Å². The van der Waals surface area contributed by atoms with E-state index in [1.807, 2.05) is 24.3 Å². The van der Waals surface area contributed by atoms with Gasteiger partial charge in [0.05, 0.1) is 13.2 Å². The molecule has 0 aliphatic heterocycles. The van der Waals surface area contributed by atoms with E-state index in [9.17, 15) is 19.5 Å². The molecule has 0 atom stereocenters. The van der Waals surface area contributed by atoms with E-state index in [2.05, 4.69) is 34.9 Å². The molecule has 1 saturated carbocycles. The molecule has 2 aromatic rings. The van der Waals surface area contributed by atoms with Gasteiger partial charge in [-0.25, -0.2) is 9.59 Å². The molecule has 2 aliphatic rings. The Bertz CT molecular complexity index is 988. The van der Waals surface area contributed by atoms with Crippen LogP contribution in [0.4, 0.5) is 4.79 Å². The van der Waals surface area contributed by atoms with Crippen molar-refractivity contribution in [1.82, 2.24) is 10.6 Å². The molecule has 0 aromatic heterocycles. The minimum Gasteiger partial charge on any atom is -0.480 e. The summed E-state index contributed by atoms with van der Waals surface area (Å²) in [6.07, 6.45) is 1.26. The van der Waals surface area contributed by atoms with Crippen LogP contribution in [0.5, 0.6) is 0 Å². The molecule has 0 saturated heterocycles. The normalized spacial score (nSPS) is 15.6. The minimum absolute atomic E-state index is 0.00248. The fraction of sp³-hybridized carbons (Fsp3) is 0.400. The second-order valence-electron chi connectivity index (χ2n) is 8.40. The zero-order chi connectivity index (χ0) is 23.3. The highest BCUT2D eigenvalue weighted by Crippen LogP contribution is 2.44. The number of rotatable bonds is 10. The summed E-state index contributed by atoms with van der Waals surface area (Å²) in [4.78, 5) is 35.3. The van der Waals surface area contributed by atoms with E-state index in [1.54, 1.807) is 0 Å². The molecule has 2 amide bonds. The molecule has 0 spiro atoms. The van der Waals surface area contributed by atoms with Crippen molar-refractivity contribution in [3.05, 3.63) is 59.7 Å². The SMILES string of the molecule is O=C(CCOCCNC(=O)OCC1c2ccccc2-c2ccccc21)NC1(C(=O)O)CCC1. The summed E-state index contributed by atoms with van der Waals surface area (Å²) >= 11 is 0. The van der Waals surface area contributed by atoms with Gasteiger partial charge in [-0.2, -0.15) is 0 Å². The van der Waals surface area contributed by atoms with Crippen LogP contribution in [0, 0.1) is 0 Å². The molecule has 0 unspecified atom stereocenters. The molecular formula is C25H28N2O6. The van der Waals surface area contributed by atoms with E-state index in [0.717, 1.165) is 17.5 Å². The van der Waals surface area contributed by atoms with Crippen molar-refractivity contribution in [2.45, 2.75) is 37.1 Å². The van der Waals surface area contributed by atoms with Crippen molar-refractivity contribution >= 4 is 18.0 Å². The molecule has 174 valence electrons. The van der Waals surface area contributed by atoms with E-state index in [-0.39, 0.29) is 44.6 Å². The molecule has 0 heterocycles. The molecule has 33 heavy (non-hydrogen) atoms. The molecule has 1 fully saturated rings. The third-order valence-electron chi connectivity index (χ3n) is 6.33. The van der Waals surface area contributed by atoms with Gasteiger partial charge in [-0.15, -0.1) is 0 Å². The standard InChI is InChI=1S/C25H28N2O6/c28-22(27-25(23(29)30)11-5-12-25)10-14-32-15-13-26-24(31)33-16-21-19-8-3-1-6-17(19)18-7-2-4-9-20(18)21/h1-4,6-9,21H,5,10-16H2,(H,26,31)(H,27,28)(H,29,30). The Morgan fingerprint density at radius 1 is 0.970 bits per heavy atom. The first-order valence-electron chi connectivity index (χ1n) is 11.2. The summed E-state index contributed by atoms with van der Waals surface area (Å²) in [5.74, 6) is -1.33. The van der Waals surface area contributed by atoms with Crippen molar-refractivity contribution in [2.24, 2.45) is 0 Å². The van der Waals surface area contributed by atoms with E-state index in [4.69, 9.17) is 9.47 Å². The maximum absolute atomic E-state index is 12.1. The Balaban J connectivity index is 1.13. The number of carboxylic acids is 1. The molecule has 4 rings (SSSR count). The molecule has 2 aliphatic carbocycles. The highest BCUT2D eigenvalue weighted by atomic mass is 16.5. The maximum atomic E-state index is 12.1. The Hall–Kier alpha value is -3.39. The number of aliphatic carboxylic acids is 1. The van der Waals surface area contributed by atoms with Crippen LogP contribution in [0.15, 0.2) is 48.5 Å². The van der Waals surface area contributed by atoms with Crippen LogP contribution in [0.3, 0.4) is 0 Å². The van der Waals surface area contributed by atoms with Crippen LogP contribution < -0.4 is 10.6 Å². The van der Waals surface area contributed by atoms with Crippen molar-refractivity contribution in [3.8, 4) is 11.1 Å². The third-order valence-corrected chi connectivity index (χ3v) is 6.33. The number of nitrogens with one attached hydrogen (secondary N) is 2. The van der Waals surface area contributed by atoms with Crippen molar-refractivity contribution in [1.29, 1.82) is 0 Å². The number of carbonyl (C=O) groups is 3. The van der Waals surface area contributed by atoms with Crippen LogP contribution in [0.25, 0.3) is 11.1 Å². The predicted octanol–water partition coefficient (Wildman–Crippen LogP) is 3.06. The van der Waals surface area contributed by atoms with Gasteiger partial charge in [0.15, 0.2) is 0 Å². The van der Waals surface area contributed by atoms with Crippen LogP contribution in [0.1, 0.15) is 42.7 Å². The summed E-state index contributed by atoms with van der Waals surface area (Å²) in [5, 5.41) is 14.5. The number of fused-ring (bicyclic) bond motifs is 3. The second kappa shape index (κ2) is 10.0. The zero-order valence-corrected chi connectivity index (χ0v) is 18.3. The van der Waals surface area contributed by atoms with E-state index < -0.39 is 17.6 Å². The van der Waals surface area contributed by atoms with Crippen LogP contribution >= 0.6 is 0 Å². The Morgan fingerprint density at radius 2 is 1.61 bits per heavy atom. The van der Waals surface area contributed by atoms with Gasteiger partial charge in [0.2, 0.25) is 5.91 Å². The highest BCUT2D eigenvalue weighted by molar-refractivity contribution is 5.87. The van der Waals surface area contributed by atoms with Gasteiger partial charge in [0.25, 0.3) is 0 Å². The first kappa shape index (κ1) is 22.8. The molecule has 3 N–H and O–H groups in total. The number of ether oxygens (including phenoxy) is 2. The van der Waals surface area contributed by atoms with Gasteiger partial charge in [0.1, 0.15) is 12.1 Å². The number of hydrogen-bond acceptors (Lipinski definition) is 5. The quantitative estimate of drug-likeness (QED) is 0.478. The summed E-state index contributed by atoms with van der Waals surface area (Å²) in [7, 11) is 0. The molecule has 2 aromatic carbocycles. The summed E-state index contributed by atoms with van der Waals surface area (Å²) in [6, 6.07) is 16.3. The third kappa shape index (κ3) is 5.01. The minimum atomic E-state index is -1.11. The van der Waals surface area contributed by atoms with Gasteiger partial charge < -0.3 is 25.2 Å². The largest absolute Gasteiger partial charge is 0.480 e. The monoisotopic (exact) mass is 452 g/mol. The molecule has 0 bridgehead atoms. The van der Waals surface area contributed by atoms with Crippen LogP contribution in [-0.4, -0.2) is 55.0 Å². The first-order chi connectivity index (χ1) is 16.0. The Labute approximate surface area is 192 Å². The lowest BCUT2D eigenvalue weighted by molar-refractivity contribution is -0.152. The zero-order valence-electron chi connectivity index (χ0n) is 18.3. The van der Waals surface area contributed by atoms with Crippen molar-refractivity contribution in [3.63, 3.8) is 0 Å². The van der Waals surface area contributed by atoms with Crippen LogP contribution in [0.2, 0.25) is 0 Å². The fourth-order valence-electron chi connectivity index (χ4n) is 4.39. The van der Waals surface area contributed by atoms with Gasteiger partial charge >= 0.3 is 12.1 Å². The number of carbonyl (C=O) groups excluding carboxylic acids is 2. The lowest BCUT2D eigenvalue weighted by Gasteiger charge is -2.38. The summed E-state index contributed by atoms with van der Waals surface area (Å²) in [5.41, 5.74) is 3.54. The van der Waals surface area contributed by atoms with E-state index >= 15 is 0 Å². The molecular weight excluding hydrogens is 424 g/mol. The summed E-state index contributed by atoms with van der Waals surface area (Å²) < 4.78 is 10.8. The average molecular weight is 453 g/mol. The number of alkyl carbamates (subject to hydrolysis) is 1. The average Bonchev–Trinajstić information content (AvgIpc) is 3.10. The summed E-state index contributed by atoms with van der Waals surface area (Å²) in [6.45, 7) is 0.860. The van der Waals surface area contributed by atoms with Crippen LogP contribution in [-0.2, 0) is 19.1 Å². The number of hydrogen-bond donors (Lipinski definition) is 3. The van der Waals surface area contributed by atoms with Gasteiger partial charge in [-0.3, -0.25) is 4.79 Å². The Morgan fingerprint density at radius 3 is 2.18 bits per heavy atom.